The lowest BCUT2D eigenvalue weighted by molar-refractivity contribution is 0.417. The molecule has 0 atom stereocenters. The van der Waals surface area contributed by atoms with Gasteiger partial charge in [-0.1, -0.05) is 0 Å². The minimum atomic E-state index is -4.82. The maximum Gasteiger partial charge on any atom is 0.181 e. The average molecular weight is 390 g/mol. The van der Waals surface area contributed by atoms with Crippen molar-refractivity contribution in [1.29, 1.82) is 0 Å². The van der Waals surface area contributed by atoms with Crippen LogP contribution in [0.25, 0.3) is 11.1 Å². The summed E-state index contributed by atoms with van der Waals surface area (Å²) in [7, 11) is -4.82. The molecule has 0 aliphatic rings. The molecule has 0 aromatic heterocycles. The topological polar surface area (TPSA) is 34.1 Å². The lowest BCUT2D eigenvalue weighted by Gasteiger charge is -2.14. The average Bonchev–Trinajstić information content (AvgIpc) is 2.51. The minimum Gasteiger partial charge on any atom is -0.224 e. The zero-order valence-corrected chi connectivity index (χ0v) is 13.1. The molecule has 0 radical (unpaired) electrons. The molecule has 0 amide bonds. The number of halogens is 8. The molecule has 0 unspecified atom stereocenters. The summed E-state index contributed by atoms with van der Waals surface area (Å²) in [6, 6.07) is 0. The highest BCUT2D eigenvalue weighted by Gasteiger charge is 2.35. The smallest absolute Gasteiger partial charge is 0.181 e. The van der Waals surface area contributed by atoms with E-state index in [4.69, 9.17) is 0 Å². The van der Waals surface area contributed by atoms with Gasteiger partial charge in [-0.15, -0.1) is 0 Å². The first kappa shape index (κ1) is 19.2. The summed E-state index contributed by atoms with van der Waals surface area (Å²) in [6.45, 7) is 0.612. The first-order valence-electron chi connectivity index (χ1n) is 6.21. The second kappa shape index (κ2) is 5.97. The summed E-state index contributed by atoms with van der Waals surface area (Å²) in [4.78, 5) is -2.03. The molecule has 2 aromatic carbocycles. The largest absolute Gasteiger partial charge is 0.224 e. The van der Waals surface area contributed by atoms with Crippen LogP contribution < -0.4 is 0 Å². The van der Waals surface area contributed by atoms with Gasteiger partial charge in [-0.05, 0) is 6.92 Å². The highest BCUT2D eigenvalue weighted by molar-refractivity contribution is 7.90. The van der Waals surface area contributed by atoms with Crippen molar-refractivity contribution in [3.05, 3.63) is 52.1 Å². The zero-order chi connectivity index (χ0) is 19.4. The van der Waals surface area contributed by atoms with Gasteiger partial charge in [0.15, 0.2) is 56.4 Å². The maximum absolute atomic E-state index is 14.0. The van der Waals surface area contributed by atoms with E-state index in [9.17, 15) is 43.5 Å². The summed E-state index contributed by atoms with van der Waals surface area (Å²) in [5.74, 6) is -18.7. The Balaban J connectivity index is 3.08. The maximum atomic E-state index is 14.0. The Hall–Kier alpha value is -2.17. The summed E-state index contributed by atoms with van der Waals surface area (Å²) >= 11 is 0. The number of benzene rings is 2. The number of hydrogen-bond donors (Lipinski definition) is 0. The molecule has 11 heteroatoms. The predicted octanol–water partition coefficient (Wildman–Crippen LogP) is 4.18. The standard InChI is InChI=1S/C14H6F8O2S/c1-3-6(15)8(17)4(9(18)7(3)16)5-10(19)12(21)14(25(2,23)24)13(22)11(5)20/h1-2H3. The molecular formula is C14H6F8O2S. The summed E-state index contributed by atoms with van der Waals surface area (Å²) in [6.07, 6.45) is 0.222. The fraction of sp³-hybridized carbons (Fsp3) is 0.143. The van der Waals surface area contributed by atoms with E-state index in [0.29, 0.717) is 6.92 Å². The zero-order valence-electron chi connectivity index (χ0n) is 12.2. The Morgan fingerprint density at radius 1 is 0.560 bits per heavy atom. The van der Waals surface area contributed by atoms with Crippen molar-refractivity contribution in [3.8, 4) is 11.1 Å². The van der Waals surface area contributed by atoms with Crippen LogP contribution in [-0.4, -0.2) is 14.7 Å². The monoisotopic (exact) mass is 390 g/mol. The van der Waals surface area contributed by atoms with Gasteiger partial charge < -0.3 is 0 Å². The molecule has 0 N–H and O–H groups in total. The Morgan fingerprint density at radius 2 is 0.840 bits per heavy atom. The molecule has 0 saturated carbocycles. The van der Waals surface area contributed by atoms with Crippen molar-refractivity contribution in [2.24, 2.45) is 0 Å². The molecule has 0 aliphatic heterocycles. The predicted molar refractivity (Wildman–Crippen MR) is 69.4 cm³/mol. The second-order valence-corrected chi connectivity index (χ2v) is 6.94. The van der Waals surface area contributed by atoms with Gasteiger partial charge in [-0.25, -0.2) is 43.5 Å². The van der Waals surface area contributed by atoms with Crippen LogP contribution >= 0.6 is 0 Å². The Kier molecular flexibility index (Phi) is 4.58. The van der Waals surface area contributed by atoms with Crippen molar-refractivity contribution in [1.82, 2.24) is 0 Å². The van der Waals surface area contributed by atoms with Crippen molar-refractivity contribution >= 4 is 9.84 Å². The van der Waals surface area contributed by atoms with Crippen molar-refractivity contribution < 1.29 is 43.5 Å². The molecular weight excluding hydrogens is 384 g/mol. The lowest BCUT2D eigenvalue weighted by Crippen LogP contribution is -2.13. The van der Waals surface area contributed by atoms with Crippen LogP contribution in [0, 0.1) is 53.5 Å². The van der Waals surface area contributed by atoms with E-state index in [1.54, 1.807) is 0 Å². The Morgan fingerprint density at radius 3 is 1.12 bits per heavy atom. The van der Waals surface area contributed by atoms with Gasteiger partial charge in [0, 0.05) is 11.8 Å². The van der Waals surface area contributed by atoms with E-state index < -0.39 is 78.0 Å². The van der Waals surface area contributed by atoms with Crippen LogP contribution in [0.1, 0.15) is 5.56 Å². The highest BCUT2D eigenvalue weighted by atomic mass is 32.2. The van der Waals surface area contributed by atoms with E-state index in [1.165, 1.54) is 0 Å². The van der Waals surface area contributed by atoms with Gasteiger partial charge in [0.05, 0.1) is 11.1 Å². The van der Waals surface area contributed by atoms with Crippen LogP contribution in [0.2, 0.25) is 0 Å². The van der Waals surface area contributed by atoms with Crippen LogP contribution in [0.3, 0.4) is 0 Å². The third-order valence-electron chi connectivity index (χ3n) is 3.33. The Labute approximate surface area is 135 Å². The van der Waals surface area contributed by atoms with Crippen LogP contribution in [0.5, 0.6) is 0 Å². The quantitative estimate of drug-likeness (QED) is 0.570. The lowest BCUT2D eigenvalue weighted by atomic mass is 9.99. The molecule has 0 spiro atoms. The molecule has 136 valence electrons. The van der Waals surface area contributed by atoms with Crippen LogP contribution in [0.15, 0.2) is 4.90 Å². The summed E-state index contributed by atoms with van der Waals surface area (Å²) < 4.78 is 133. The van der Waals surface area contributed by atoms with E-state index in [1.807, 2.05) is 0 Å². The fourth-order valence-corrected chi connectivity index (χ4v) is 2.95. The minimum absolute atomic E-state index is 0.222. The van der Waals surface area contributed by atoms with Crippen molar-refractivity contribution in [2.45, 2.75) is 11.8 Å². The third kappa shape index (κ3) is 2.75. The second-order valence-electron chi connectivity index (χ2n) is 4.99. The first-order chi connectivity index (χ1) is 11.3. The number of rotatable bonds is 2. The highest BCUT2D eigenvalue weighted by Crippen LogP contribution is 2.38. The molecule has 2 aromatic rings. The molecule has 0 bridgehead atoms. The normalized spacial score (nSPS) is 11.9. The third-order valence-corrected chi connectivity index (χ3v) is 4.43. The van der Waals surface area contributed by atoms with Crippen molar-refractivity contribution in [2.75, 3.05) is 6.26 Å². The van der Waals surface area contributed by atoms with Gasteiger partial charge in [0.2, 0.25) is 0 Å². The molecule has 0 aliphatic carbocycles. The van der Waals surface area contributed by atoms with Crippen LogP contribution in [-0.2, 0) is 9.84 Å². The van der Waals surface area contributed by atoms with Gasteiger partial charge in [-0.2, -0.15) is 0 Å². The van der Waals surface area contributed by atoms with E-state index >= 15 is 0 Å². The summed E-state index contributed by atoms with van der Waals surface area (Å²) in [5, 5.41) is 0. The molecule has 0 heterocycles. The van der Waals surface area contributed by atoms with Crippen LogP contribution in [0.4, 0.5) is 35.1 Å². The molecule has 0 saturated heterocycles. The van der Waals surface area contributed by atoms with Crippen molar-refractivity contribution in [3.63, 3.8) is 0 Å². The van der Waals surface area contributed by atoms with Gasteiger partial charge >= 0.3 is 0 Å². The first-order valence-corrected chi connectivity index (χ1v) is 8.10. The van der Waals surface area contributed by atoms with E-state index in [2.05, 4.69) is 0 Å². The fourth-order valence-electron chi connectivity index (χ4n) is 2.12. The number of hydrogen-bond acceptors (Lipinski definition) is 2. The van der Waals surface area contributed by atoms with Gasteiger partial charge in [-0.3, -0.25) is 0 Å². The SMILES string of the molecule is Cc1c(F)c(F)c(-c2c(F)c(F)c(S(C)(=O)=O)c(F)c2F)c(F)c1F. The molecule has 2 nitrogen and oxygen atoms in total. The molecule has 0 fully saturated rings. The molecule has 2 rings (SSSR count). The molecule has 25 heavy (non-hydrogen) atoms. The number of sulfone groups is 1. The van der Waals surface area contributed by atoms with Gasteiger partial charge in [0.25, 0.3) is 0 Å². The van der Waals surface area contributed by atoms with E-state index in [-0.39, 0.29) is 6.26 Å². The van der Waals surface area contributed by atoms with E-state index in [0.717, 1.165) is 0 Å². The van der Waals surface area contributed by atoms with Gasteiger partial charge in [0.1, 0.15) is 4.90 Å². The summed E-state index contributed by atoms with van der Waals surface area (Å²) in [5.41, 5.74) is -5.34. The Bertz CT molecular complexity index is 956.